The first-order chi connectivity index (χ1) is 7.16. The van der Waals surface area contributed by atoms with Crippen LogP contribution in [0.1, 0.15) is 30.9 Å². The predicted octanol–water partition coefficient (Wildman–Crippen LogP) is 3.39. The Hall–Kier alpha value is -0.850. The van der Waals surface area contributed by atoms with E-state index in [4.69, 9.17) is 12.2 Å². The van der Waals surface area contributed by atoms with Gasteiger partial charge in [-0.25, -0.2) is 4.39 Å². The van der Waals surface area contributed by atoms with Crippen molar-refractivity contribution in [2.24, 2.45) is 5.73 Å². The third kappa shape index (κ3) is 3.33. The number of terminal acetylenes is 1. The zero-order valence-corrected chi connectivity index (χ0v) is 9.93. The molecule has 15 heavy (non-hydrogen) atoms. The van der Waals surface area contributed by atoms with E-state index < -0.39 is 0 Å². The summed E-state index contributed by atoms with van der Waals surface area (Å²) in [4.78, 5) is 0. The molecule has 2 N–H and O–H groups in total. The monoisotopic (exact) mass is 269 g/mol. The molecule has 1 nitrogen and oxygen atoms in total. The molecule has 0 aromatic heterocycles. The zero-order chi connectivity index (χ0) is 11.3. The molecule has 3 heteroatoms. The van der Waals surface area contributed by atoms with E-state index >= 15 is 0 Å². The highest BCUT2D eigenvalue weighted by Crippen LogP contribution is 2.27. The minimum Gasteiger partial charge on any atom is -0.324 e. The van der Waals surface area contributed by atoms with Crippen molar-refractivity contribution >= 4 is 15.9 Å². The van der Waals surface area contributed by atoms with Crippen LogP contribution in [-0.4, -0.2) is 0 Å². The summed E-state index contributed by atoms with van der Waals surface area (Å²) in [5.41, 5.74) is 6.44. The number of hydrogen-bond acceptors (Lipinski definition) is 1. The average Bonchev–Trinajstić information content (AvgIpc) is 2.18. The third-order valence-corrected chi connectivity index (χ3v) is 2.90. The number of halogens is 2. The SMILES string of the molecule is C#CCCCC(N)c1c(F)cccc1Br. The number of benzene rings is 1. The Labute approximate surface area is 98.0 Å². The van der Waals surface area contributed by atoms with Crippen LogP contribution in [0.25, 0.3) is 0 Å². The smallest absolute Gasteiger partial charge is 0.129 e. The van der Waals surface area contributed by atoms with Gasteiger partial charge in [0.2, 0.25) is 0 Å². The molecule has 0 saturated carbocycles. The number of rotatable bonds is 4. The van der Waals surface area contributed by atoms with Crippen LogP contribution in [0.15, 0.2) is 22.7 Å². The second-order valence-corrected chi connectivity index (χ2v) is 4.19. The first-order valence-corrected chi connectivity index (χ1v) is 5.59. The average molecular weight is 270 g/mol. The third-order valence-electron chi connectivity index (χ3n) is 2.21. The minimum absolute atomic E-state index is 0.266. The van der Waals surface area contributed by atoms with Gasteiger partial charge in [-0.1, -0.05) is 22.0 Å². The minimum atomic E-state index is -0.297. The normalized spacial score (nSPS) is 12.1. The van der Waals surface area contributed by atoms with E-state index in [2.05, 4.69) is 21.9 Å². The lowest BCUT2D eigenvalue weighted by molar-refractivity contribution is 0.552. The van der Waals surface area contributed by atoms with E-state index in [0.717, 1.165) is 10.9 Å². The Morgan fingerprint density at radius 3 is 2.87 bits per heavy atom. The van der Waals surface area contributed by atoms with E-state index in [1.165, 1.54) is 6.07 Å². The van der Waals surface area contributed by atoms with Gasteiger partial charge >= 0.3 is 0 Å². The molecule has 0 heterocycles. The molecule has 1 rings (SSSR count). The predicted molar refractivity (Wildman–Crippen MR) is 63.7 cm³/mol. The molecule has 0 saturated heterocycles. The van der Waals surface area contributed by atoms with Gasteiger partial charge in [0, 0.05) is 22.5 Å². The van der Waals surface area contributed by atoms with Crippen molar-refractivity contribution in [1.29, 1.82) is 0 Å². The van der Waals surface area contributed by atoms with Crippen molar-refractivity contribution in [2.45, 2.75) is 25.3 Å². The number of hydrogen-bond donors (Lipinski definition) is 1. The van der Waals surface area contributed by atoms with Crippen molar-refractivity contribution in [3.05, 3.63) is 34.1 Å². The summed E-state index contributed by atoms with van der Waals surface area (Å²) in [5, 5.41) is 0. The van der Waals surface area contributed by atoms with E-state index in [-0.39, 0.29) is 11.9 Å². The van der Waals surface area contributed by atoms with Crippen molar-refractivity contribution in [1.82, 2.24) is 0 Å². The Balaban J connectivity index is 2.73. The van der Waals surface area contributed by atoms with Gasteiger partial charge in [-0.15, -0.1) is 12.3 Å². The number of nitrogens with two attached hydrogens (primary N) is 1. The molecule has 0 radical (unpaired) electrons. The molecule has 0 amide bonds. The summed E-state index contributed by atoms with van der Waals surface area (Å²) in [5.74, 6) is 2.28. The van der Waals surface area contributed by atoms with Gasteiger partial charge in [0.05, 0.1) is 0 Å². The molecular formula is C12H13BrFN. The second kappa shape index (κ2) is 5.89. The molecule has 1 atom stereocenters. The van der Waals surface area contributed by atoms with E-state index in [9.17, 15) is 4.39 Å². The maximum absolute atomic E-state index is 13.5. The summed E-state index contributed by atoms with van der Waals surface area (Å²) in [6, 6.07) is 4.56. The molecular weight excluding hydrogens is 257 g/mol. The van der Waals surface area contributed by atoms with Gasteiger partial charge in [-0.2, -0.15) is 0 Å². The van der Waals surface area contributed by atoms with Crippen LogP contribution >= 0.6 is 15.9 Å². The van der Waals surface area contributed by atoms with Crippen molar-refractivity contribution in [2.75, 3.05) is 0 Å². The van der Waals surface area contributed by atoms with Crippen LogP contribution in [-0.2, 0) is 0 Å². The molecule has 0 bridgehead atoms. The summed E-state index contributed by atoms with van der Waals surface area (Å²) in [6.07, 6.45) is 7.34. The molecule has 1 aromatic rings. The van der Waals surface area contributed by atoms with Crippen LogP contribution in [0.2, 0.25) is 0 Å². The van der Waals surface area contributed by atoms with Crippen LogP contribution in [0.4, 0.5) is 4.39 Å². The lowest BCUT2D eigenvalue weighted by atomic mass is 10.0. The van der Waals surface area contributed by atoms with Crippen LogP contribution in [0.3, 0.4) is 0 Å². The highest BCUT2D eigenvalue weighted by atomic mass is 79.9. The van der Waals surface area contributed by atoms with Crippen molar-refractivity contribution in [3.8, 4) is 12.3 Å². The molecule has 0 aliphatic carbocycles. The van der Waals surface area contributed by atoms with Crippen molar-refractivity contribution < 1.29 is 4.39 Å². The number of unbranched alkanes of at least 4 members (excludes halogenated alkanes) is 1. The summed E-state index contributed by atoms with van der Waals surface area (Å²) >= 11 is 3.30. The Kier molecular flexibility index (Phi) is 4.80. The molecule has 0 fully saturated rings. The molecule has 1 aromatic carbocycles. The Bertz CT molecular complexity index is 350. The highest BCUT2D eigenvalue weighted by molar-refractivity contribution is 9.10. The Morgan fingerprint density at radius 2 is 2.27 bits per heavy atom. The second-order valence-electron chi connectivity index (χ2n) is 3.34. The van der Waals surface area contributed by atoms with E-state index in [1.807, 2.05) is 0 Å². The first-order valence-electron chi connectivity index (χ1n) is 4.79. The fourth-order valence-corrected chi connectivity index (χ4v) is 2.07. The fourth-order valence-electron chi connectivity index (χ4n) is 1.43. The topological polar surface area (TPSA) is 26.0 Å². The molecule has 0 spiro atoms. The molecule has 0 aliphatic rings. The van der Waals surface area contributed by atoms with Gasteiger partial charge in [0.15, 0.2) is 0 Å². The van der Waals surface area contributed by atoms with Crippen LogP contribution in [0, 0.1) is 18.2 Å². The maximum atomic E-state index is 13.5. The van der Waals surface area contributed by atoms with Gasteiger partial charge in [0.1, 0.15) is 5.82 Å². The van der Waals surface area contributed by atoms with Gasteiger partial charge in [-0.05, 0) is 25.0 Å². The summed E-state index contributed by atoms with van der Waals surface area (Å²) in [6.45, 7) is 0. The molecule has 1 unspecified atom stereocenters. The molecule has 80 valence electrons. The lowest BCUT2D eigenvalue weighted by Gasteiger charge is -2.13. The standard InChI is InChI=1S/C12H13BrFN/c1-2-3-4-8-11(15)12-9(13)6-5-7-10(12)14/h1,5-7,11H,3-4,8,15H2. The maximum Gasteiger partial charge on any atom is 0.129 e. The lowest BCUT2D eigenvalue weighted by Crippen LogP contribution is -2.12. The highest BCUT2D eigenvalue weighted by Gasteiger charge is 2.13. The summed E-state index contributed by atoms with van der Waals surface area (Å²) < 4.78 is 14.2. The first kappa shape index (κ1) is 12.2. The quantitative estimate of drug-likeness (QED) is 0.658. The van der Waals surface area contributed by atoms with E-state index in [0.29, 0.717) is 18.4 Å². The van der Waals surface area contributed by atoms with Crippen LogP contribution in [0.5, 0.6) is 0 Å². The van der Waals surface area contributed by atoms with Crippen LogP contribution < -0.4 is 5.73 Å². The van der Waals surface area contributed by atoms with Gasteiger partial charge in [0.25, 0.3) is 0 Å². The fraction of sp³-hybridized carbons (Fsp3) is 0.333. The van der Waals surface area contributed by atoms with Gasteiger partial charge < -0.3 is 5.73 Å². The Morgan fingerprint density at radius 1 is 1.53 bits per heavy atom. The van der Waals surface area contributed by atoms with Crippen molar-refractivity contribution in [3.63, 3.8) is 0 Å². The summed E-state index contributed by atoms with van der Waals surface area (Å²) in [7, 11) is 0. The zero-order valence-electron chi connectivity index (χ0n) is 8.34. The largest absolute Gasteiger partial charge is 0.324 e. The van der Waals surface area contributed by atoms with Gasteiger partial charge in [-0.3, -0.25) is 0 Å². The molecule has 0 aliphatic heterocycles. The van der Waals surface area contributed by atoms with E-state index in [1.54, 1.807) is 12.1 Å².